The molecule has 0 bridgehead atoms. The number of fused-ring (bicyclic) bond motifs is 1. The molecule has 1 saturated carbocycles. The molecule has 0 atom stereocenters. The van der Waals surface area contributed by atoms with Gasteiger partial charge in [0.05, 0.1) is 7.11 Å². The molecule has 0 spiro atoms. The number of nitrogens with zero attached hydrogens (tertiary/aromatic N) is 3. The van der Waals surface area contributed by atoms with Gasteiger partial charge in [0.1, 0.15) is 11.4 Å². The average molecular weight is 382 g/mol. The van der Waals surface area contributed by atoms with Crippen molar-refractivity contribution in [2.24, 2.45) is 5.92 Å². The van der Waals surface area contributed by atoms with E-state index in [-0.39, 0.29) is 0 Å². The van der Waals surface area contributed by atoms with Crippen molar-refractivity contribution in [3.05, 3.63) is 47.5 Å². The molecule has 0 N–H and O–H groups in total. The average Bonchev–Trinajstić information content (AvgIpc) is 3.51. The first-order valence-corrected chi connectivity index (χ1v) is 9.93. The van der Waals surface area contributed by atoms with E-state index in [4.69, 9.17) is 16.3 Å². The third kappa shape index (κ3) is 3.72. The number of aromatic nitrogens is 2. The van der Waals surface area contributed by atoms with Crippen LogP contribution >= 0.6 is 11.6 Å². The molecular weight excluding hydrogens is 358 g/mol. The summed E-state index contributed by atoms with van der Waals surface area (Å²) in [6.45, 7) is 4.27. The van der Waals surface area contributed by atoms with Gasteiger partial charge >= 0.3 is 0 Å². The molecule has 0 aliphatic heterocycles. The molecule has 1 aliphatic carbocycles. The van der Waals surface area contributed by atoms with Crippen molar-refractivity contribution in [3.63, 3.8) is 0 Å². The molecule has 3 aromatic rings. The Morgan fingerprint density at radius 2 is 1.89 bits per heavy atom. The van der Waals surface area contributed by atoms with Crippen LogP contribution in [0.25, 0.3) is 22.0 Å². The maximum absolute atomic E-state index is 6.25. The number of halogens is 1. The van der Waals surface area contributed by atoms with Crippen LogP contribution < -0.4 is 9.64 Å². The molecule has 2 aromatic carbocycles. The molecule has 1 aromatic heterocycles. The standard InChI is InChI=1S/C22H24ClN3O/c1-3-12-26(14-15-8-9-15)22-18-7-5-4-6-17(18)21(24-25-22)19-13-16(23)10-11-20(19)27-2/h4-7,10-11,13,15H,3,8-9,12,14H2,1-2H3. The van der Waals surface area contributed by atoms with E-state index < -0.39 is 0 Å². The second-order valence-electron chi connectivity index (χ2n) is 7.15. The van der Waals surface area contributed by atoms with Crippen LogP contribution in [0.5, 0.6) is 5.75 Å². The summed E-state index contributed by atoms with van der Waals surface area (Å²) in [7, 11) is 1.66. The molecule has 5 heteroatoms. The maximum atomic E-state index is 6.25. The zero-order valence-electron chi connectivity index (χ0n) is 15.8. The Hall–Kier alpha value is -2.33. The van der Waals surface area contributed by atoms with Gasteiger partial charge in [-0.25, -0.2) is 0 Å². The van der Waals surface area contributed by atoms with E-state index in [0.717, 1.165) is 59.0 Å². The van der Waals surface area contributed by atoms with Crippen molar-refractivity contribution in [2.75, 3.05) is 25.1 Å². The third-order valence-corrected chi connectivity index (χ3v) is 5.29. The van der Waals surface area contributed by atoms with Crippen LogP contribution in [0, 0.1) is 5.92 Å². The van der Waals surface area contributed by atoms with Gasteiger partial charge in [-0.1, -0.05) is 42.8 Å². The van der Waals surface area contributed by atoms with Gasteiger partial charge in [0.15, 0.2) is 5.82 Å². The largest absolute Gasteiger partial charge is 0.496 e. The highest BCUT2D eigenvalue weighted by molar-refractivity contribution is 6.31. The second kappa shape index (κ2) is 7.73. The zero-order valence-corrected chi connectivity index (χ0v) is 16.5. The number of methoxy groups -OCH3 is 1. The summed E-state index contributed by atoms with van der Waals surface area (Å²) >= 11 is 6.25. The molecule has 0 radical (unpaired) electrons. The van der Waals surface area contributed by atoms with Crippen LogP contribution in [0.3, 0.4) is 0 Å². The van der Waals surface area contributed by atoms with E-state index in [1.807, 2.05) is 24.3 Å². The van der Waals surface area contributed by atoms with E-state index in [9.17, 15) is 0 Å². The van der Waals surface area contributed by atoms with Crippen molar-refractivity contribution < 1.29 is 4.74 Å². The zero-order chi connectivity index (χ0) is 18.8. The summed E-state index contributed by atoms with van der Waals surface area (Å²) < 4.78 is 5.54. The number of rotatable bonds is 7. The fourth-order valence-corrected chi connectivity index (χ4v) is 3.73. The number of anilines is 1. The van der Waals surface area contributed by atoms with Gasteiger partial charge in [-0.2, -0.15) is 0 Å². The molecule has 4 rings (SSSR count). The lowest BCUT2D eigenvalue weighted by molar-refractivity contribution is 0.416. The first-order chi connectivity index (χ1) is 13.2. The summed E-state index contributed by atoms with van der Waals surface area (Å²) in [6, 6.07) is 13.9. The lowest BCUT2D eigenvalue weighted by Crippen LogP contribution is -2.28. The molecular formula is C22H24ClN3O. The van der Waals surface area contributed by atoms with Gasteiger partial charge in [-0.15, -0.1) is 10.2 Å². The van der Waals surface area contributed by atoms with Gasteiger partial charge in [0.25, 0.3) is 0 Å². The quantitative estimate of drug-likeness (QED) is 0.535. The van der Waals surface area contributed by atoms with Crippen LogP contribution in [0.15, 0.2) is 42.5 Å². The minimum atomic E-state index is 0.655. The van der Waals surface area contributed by atoms with Crippen LogP contribution in [0.4, 0.5) is 5.82 Å². The molecule has 0 unspecified atom stereocenters. The Morgan fingerprint density at radius 1 is 1.11 bits per heavy atom. The van der Waals surface area contributed by atoms with Crippen LogP contribution in [0.2, 0.25) is 5.02 Å². The summed E-state index contributed by atoms with van der Waals surface area (Å²) in [5.74, 6) is 2.52. The van der Waals surface area contributed by atoms with Gasteiger partial charge in [-0.05, 0) is 43.4 Å². The smallest absolute Gasteiger partial charge is 0.159 e. The van der Waals surface area contributed by atoms with Crippen molar-refractivity contribution in [1.82, 2.24) is 10.2 Å². The number of hydrogen-bond acceptors (Lipinski definition) is 4. The topological polar surface area (TPSA) is 38.2 Å². The number of benzene rings is 2. The van der Waals surface area contributed by atoms with Gasteiger partial charge in [0, 0.05) is 34.4 Å². The van der Waals surface area contributed by atoms with E-state index >= 15 is 0 Å². The van der Waals surface area contributed by atoms with Gasteiger partial charge < -0.3 is 9.64 Å². The molecule has 0 saturated heterocycles. The lowest BCUT2D eigenvalue weighted by Gasteiger charge is -2.24. The Morgan fingerprint density at radius 3 is 2.59 bits per heavy atom. The molecule has 4 nitrogen and oxygen atoms in total. The molecule has 0 amide bonds. The highest BCUT2D eigenvalue weighted by Crippen LogP contribution is 2.38. The Labute approximate surface area is 165 Å². The van der Waals surface area contributed by atoms with Crippen LogP contribution in [-0.4, -0.2) is 30.4 Å². The molecule has 1 heterocycles. The Bertz CT molecular complexity index is 955. The SMILES string of the molecule is CCCN(CC1CC1)c1nnc(-c2cc(Cl)ccc2OC)c2ccccc12. The fourth-order valence-electron chi connectivity index (χ4n) is 3.55. The Balaban J connectivity index is 1.87. The maximum Gasteiger partial charge on any atom is 0.159 e. The minimum Gasteiger partial charge on any atom is -0.496 e. The summed E-state index contributed by atoms with van der Waals surface area (Å²) in [5, 5.41) is 12.1. The van der Waals surface area contributed by atoms with Crippen molar-refractivity contribution >= 4 is 28.2 Å². The molecule has 140 valence electrons. The highest BCUT2D eigenvalue weighted by atomic mass is 35.5. The van der Waals surface area contributed by atoms with Crippen LogP contribution in [0.1, 0.15) is 26.2 Å². The predicted octanol–water partition coefficient (Wildman–Crippen LogP) is 5.59. The first-order valence-electron chi connectivity index (χ1n) is 9.55. The summed E-state index contributed by atoms with van der Waals surface area (Å²) in [5.41, 5.74) is 1.67. The summed E-state index contributed by atoms with van der Waals surface area (Å²) in [6.07, 6.45) is 3.74. The lowest BCUT2D eigenvalue weighted by atomic mass is 10.0. The first kappa shape index (κ1) is 18.1. The summed E-state index contributed by atoms with van der Waals surface area (Å²) in [4.78, 5) is 2.39. The minimum absolute atomic E-state index is 0.655. The van der Waals surface area contributed by atoms with E-state index in [1.165, 1.54) is 12.8 Å². The van der Waals surface area contributed by atoms with Crippen molar-refractivity contribution in [1.29, 1.82) is 0 Å². The third-order valence-electron chi connectivity index (χ3n) is 5.05. The molecule has 1 aliphatic rings. The number of hydrogen-bond donors (Lipinski definition) is 0. The highest BCUT2D eigenvalue weighted by Gasteiger charge is 2.26. The van der Waals surface area contributed by atoms with Crippen molar-refractivity contribution in [3.8, 4) is 17.0 Å². The predicted molar refractivity (Wildman–Crippen MR) is 112 cm³/mol. The molecule has 27 heavy (non-hydrogen) atoms. The van der Waals surface area contributed by atoms with E-state index in [2.05, 4.69) is 40.2 Å². The molecule has 1 fully saturated rings. The normalized spacial score (nSPS) is 13.7. The second-order valence-corrected chi connectivity index (χ2v) is 7.59. The fraction of sp³-hybridized carbons (Fsp3) is 0.364. The van der Waals surface area contributed by atoms with Gasteiger partial charge in [-0.3, -0.25) is 0 Å². The van der Waals surface area contributed by atoms with Gasteiger partial charge in [0.2, 0.25) is 0 Å². The number of ether oxygens (including phenoxy) is 1. The Kier molecular flexibility index (Phi) is 5.17. The van der Waals surface area contributed by atoms with Crippen molar-refractivity contribution in [2.45, 2.75) is 26.2 Å². The van der Waals surface area contributed by atoms with E-state index in [1.54, 1.807) is 7.11 Å². The van der Waals surface area contributed by atoms with Crippen LogP contribution in [-0.2, 0) is 0 Å². The van der Waals surface area contributed by atoms with E-state index in [0.29, 0.717) is 5.02 Å². The monoisotopic (exact) mass is 381 g/mol.